The van der Waals surface area contributed by atoms with Crippen LogP contribution >= 0.6 is 0 Å². The summed E-state index contributed by atoms with van der Waals surface area (Å²) in [5.74, 6) is 0.451. The van der Waals surface area contributed by atoms with Crippen LogP contribution in [0.2, 0.25) is 0 Å². The summed E-state index contributed by atoms with van der Waals surface area (Å²) in [5.41, 5.74) is 0.285. The summed E-state index contributed by atoms with van der Waals surface area (Å²) in [6.45, 7) is 14.1. The standard InChI is InChI=1S/C19H33BO4/c1-17(2,3)22-16(21)13-10-14-8-11-15(12-9-14)20-23-18(4,5)19(6,7)24-20/h11,14H,8-10,12-13H2,1-7H3. The van der Waals surface area contributed by atoms with Gasteiger partial charge in [0.15, 0.2) is 0 Å². The summed E-state index contributed by atoms with van der Waals surface area (Å²) in [7, 11) is -0.221. The number of esters is 1. The minimum atomic E-state index is -0.395. The van der Waals surface area contributed by atoms with Crippen LogP contribution < -0.4 is 0 Å². The van der Waals surface area contributed by atoms with E-state index < -0.39 is 5.60 Å². The molecule has 0 spiro atoms. The Labute approximate surface area is 147 Å². The van der Waals surface area contributed by atoms with E-state index in [2.05, 4.69) is 33.8 Å². The minimum absolute atomic E-state index is 0.0942. The summed E-state index contributed by atoms with van der Waals surface area (Å²) in [6.07, 6.45) is 6.70. The fraction of sp³-hybridized carbons (Fsp3) is 0.842. The zero-order valence-electron chi connectivity index (χ0n) is 16.4. The van der Waals surface area contributed by atoms with Crippen LogP contribution in [-0.4, -0.2) is 29.9 Å². The summed E-state index contributed by atoms with van der Waals surface area (Å²) >= 11 is 0. The lowest BCUT2D eigenvalue weighted by molar-refractivity contribution is -0.155. The highest BCUT2D eigenvalue weighted by Gasteiger charge is 2.52. The molecule has 0 aromatic heterocycles. The smallest absolute Gasteiger partial charge is 0.460 e. The molecule has 1 fully saturated rings. The van der Waals surface area contributed by atoms with Gasteiger partial charge in [-0.05, 0) is 85.5 Å². The lowest BCUT2D eigenvalue weighted by atomic mass is 9.70. The fourth-order valence-corrected chi connectivity index (χ4v) is 3.09. The number of rotatable bonds is 4. The van der Waals surface area contributed by atoms with E-state index in [1.54, 1.807) is 0 Å². The normalized spacial score (nSPS) is 26.2. The third kappa shape index (κ3) is 4.86. The zero-order chi connectivity index (χ0) is 18.2. The number of carbonyl (C=O) groups is 1. The molecule has 1 aliphatic carbocycles. The van der Waals surface area contributed by atoms with Crippen molar-refractivity contribution in [2.24, 2.45) is 5.92 Å². The lowest BCUT2D eigenvalue weighted by Crippen LogP contribution is -2.41. The van der Waals surface area contributed by atoms with Crippen LogP contribution in [0.1, 0.15) is 80.6 Å². The number of hydrogen-bond acceptors (Lipinski definition) is 4. The molecule has 0 aromatic rings. The van der Waals surface area contributed by atoms with E-state index in [-0.39, 0.29) is 24.3 Å². The molecule has 0 amide bonds. The molecule has 0 aromatic carbocycles. The van der Waals surface area contributed by atoms with Crippen molar-refractivity contribution in [3.63, 3.8) is 0 Å². The largest absolute Gasteiger partial charge is 0.490 e. The Morgan fingerprint density at radius 3 is 2.29 bits per heavy atom. The van der Waals surface area contributed by atoms with Gasteiger partial charge in [-0.1, -0.05) is 6.08 Å². The predicted octanol–water partition coefficient (Wildman–Crippen LogP) is 4.47. The number of carbonyl (C=O) groups excluding carboxylic acids is 1. The molecule has 2 aliphatic rings. The monoisotopic (exact) mass is 336 g/mol. The van der Waals surface area contributed by atoms with Gasteiger partial charge in [0.1, 0.15) is 5.60 Å². The van der Waals surface area contributed by atoms with Crippen LogP contribution in [0.5, 0.6) is 0 Å². The van der Waals surface area contributed by atoms with Crippen LogP contribution in [0.25, 0.3) is 0 Å². The van der Waals surface area contributed by atoms with Gasteiger partial charge in [0.05, 0.1) is 11.2 Å². The van der Waals surface area contributed by atoms with E-state index in [4.69, 9.17) is 14.0 Å². The van der Waals surface area contributed by atoms with E-state index in [0.29, 0.717) is 12.3 Å². The summed E-state index contributed by atoms with van der Waals surface area (Å²) < 4.78 is 17.6. The van der Waals surface area contributed by atoms with Crippen molar-refractivity contribution in [2.45, 2.75) is 97.4 Å². The molecule has 1 saturated heterocycles. The average molecular weight is 336 g/mol. The van der Waals surface area contributed by atoms with Crippen molar-refractivity contribution in [1.29, 1.82) is 0 Å². The lowest BCUT2D eigenvalue weighted by Gasteiger charge is -2.32. The maximum absolute atomic E-state index is 11.8. The topological polar surface area (TPSA) is 44.8 Å². The SMILES string of the molecule is CC(C)(C)OC(=O)CCC1CC=C(B2OC(C)(C)C(C)(C)O2)CC1. The molecule has 136 valence electrons. The van der Waals surface area contributed by atoms with Crippen molar-refractivity contribution >= 4 is 13.1 Å². The van der Waals surface area contributed by atoms with Crippen molar-refractivity contribution < 1.29 is 18.8 Å². The van der Waals surface area contributed by atoms with Gasteiger partial charge < -0.3 is 14.0 Å². The Kier molecular flexibility index (Phi) is 5.56. The Hall–Kier alpha value is -0.805. The fourth-order valence-electron chi connectivity index (χ4n) is 3.09. The van der Waals surface area contributed by atoms with Crippen LogP contribution in [0.15, 0.2) is 11.5 Å². The molecule has 5 heteroatoms. The molecule has 0 bridgehead atoms. The summed E-state index contributed by atoms with van der Waals surface area (Å²) in [4.78, 5) is 11.8. The molecule has 0 N–H and O–H groups in total. The molecule has 4 nitrogen and oxygen atoms in total. The third-order valence-corrected chi connectivity index (χ3v) is 5.29. The predicted molar refractivity (Wildman–Crippen MR) is 96.6 cm³/mol. The van der Waals surface area contributed by atoms with E-state index in [1.807, 2.05) is 20.8 Å². The Morgan fingerprint density at radius 1 is 1.25 bits per heavy atom. The van der Waals surface area contributed by atoms with Gasteiger partial charge in [0.25, 0.3) is 0 Å². The van der Waals surface area contributed by atoms with Gasteiger partial charge in [0, 0.05) is 6.42 Å². The molecule has 0 saturated carbocycles. The van der Waals surface area contributed by atoms with Gasteiger partial charge in [-0.15, -0.1) is 0 Å². The van der Waals surface area contributed by atoms with Crippen molar-refractivity contribution in [1.82, 2.24) is 0 Å². The van der Waals surface area contributed by atoms with Gasteiger partial charge >= 0.3 is 13.1 Å². The highest BCUT2D eigenvalue weighted by atomic mass is 16.7. The highest BCUT2D eigenvalue weighted by Crippen LogP contribution is 2.41. The first-order valence-corrected chi connectivity index (χ1v) is 9.16. The van der Waals surface area contributed by atoms with E-state index in [9.17, 15) is 4.79 Å². The molecule has 1 unspecified atom stereocenters. The number of ether oxygens (including phenoxy) is 1. The van der Waals surface area contributed by atoms with E-state index in [0.717, 1.165) is 25.7 Å². The molecular weight excluding hydrogens is 303 g/mol. The summed E-state index contributed by atoms with van der Waals surface area (Å²) in [6, 6.07) is 0. The molecule has 2 rings (SSSR count). The quantitative estimate of drug-likeness (QED) is 0.561. The maximum Gasteiger partial charge on any atom is 0.490 e. The zero-order valence-corrected chi connectivity index (χ0v) is 16.4. The Morgan fingerprint density at radius 2 is 1.83 bits per heavy atom. The first-order chi connectivity index (χ1) is 10.9. The van der Waals surface area contributed by atoms with Crippen LogP contribution in [-0.2, 0) is 18.8 Å². The molecule has 1 atom stereocenters. The van der Waals surface area contributed by atoms with Gasteiger partial charge in [-0.25, -0.2) is 0 Å². The Balaban J connectivity index is 1.81. The van der Waals surface area contributed by atoms with Crippen molar-refractivity contribution in [2.75, 3.05) is 0 Å². The molecule has 0 radical (unpaired) electrons. The van der Waals surface area contributed by atoms with Crippen LogP contribution in [0, 0.1) is 5.92 Å². The molecule has 1 heterocycles. The molecular formula is C19H33BO4. The van der Waals surface area contributed by atoms with Gasteiger partial charge in [-0.3, -0.25) is 4.79 Å². The molecule has 1 aliphatic heterocycles. The van der Waals surface area contributed by atoms with Gasteiger partial charge in [0.2, 0.25) is 0 Å². The number of hydrogen-bond donors (Lipinski definition) is 0. The van der Waals surface area contributed by atoms with Crippen molar-refractivity contribution in [3.8, 4) is 0 Å². The van der Waals surface area contributed by atoms with E-state index >= 15 is 0 Å². The number of allylic oxidation sites excluding steroid dienone is 2. The Bertz CT molecular complexity index is 486. The maximum atomic E-state index is 11.8. The average Bonchev–Trinajstić information content (AvgIpc) is 2.64. The van der Waals surface area contributed by atoms with Crippen molar-refractivity contribution in [3.05, 3.63) is 11.5 Å². The first kappa shape index (κ1) is 19.5. The minimum Gasteiger partial charge on any atom is -0.460 e. The molecule has 24 heavy (non-hydrogen) atoms. The van der Waals surface area contributed by atoms with Crippen LogP contribution in [0.4, 0.5) is 0 Å². The third-order valence-electron chi connectivity index (χ3n) is 5.29. The second-order valence-electron chi connectivity index (χ2n) is 9.13. The van der Waals surface area contributed by atoms with Gasteiger partial charge in [-0.2, -0.15) is 0 Å². The second-order valence-corrected chi connectivity index (χ2v) is 9.13. The van der Waals surface area contributed by atoms with Crippen LogP contribution in [0.3, 0.4) is 0 Å². The summed E-state index contributed by atoms with van der Waals surface area (Å²) in [5, 5.41) is 0. The highest BCUT2D eigenvalue weighted by molar-refractivity contribution is 6.54. The first-order valence-electron chi connectivity index (χ1n) is 9.16. The second kappa shape index (κ2) is 6.83. The van der Waals surface area contributed by atoms with E-state index in [1.165, 1.54) is 5.47 Å².